The first kappa shape index (κ1) is 40.0. The van der Waals surface area contributed by atoms with E-state index < -0.39 is 50.6 Å². The van der Waals surface area contributed by atoms with Crippen molar-refractivity contribution in [2.45, 2.75) is 94.7 Å². The van der Waals surface area contributed by atoms with Crippen LogP contribution in [0.4, 0.5) is 31.6 Å². The molecule has 1 atom stereocenters. The normalized spacial score (nSPS) is 16.8. The molecular formula is C41H47N5O9S. The van der Waals surface area contributed by atoms with E-state index in [1.54, 1.807) is 78.9 Å². The van der Waals surface area contributed by atoms with Crippen LogP contribution in [0.3, 0.4) is 0 Å². The molecule has 4 amide bonds. The summed E-state index contributed by atoms with van der Waals surface area (Å²) >= 11 is 0. The van der Waals surface area contributed by atoms with Gasteiger partial charge in [0.1, 0.15) is 17.2 Å². The van der Waals surface area contributed by atoms with Gasteiger partial charge in [-0.25, -0.2) is 27.8 Å². The lowest BCUT2D eigenvalue weighted by Gasteiger charge is -2.28. The van der Waals surface area contributed by atoms with Crippen LogP contribution >= 0.6 is 0 Å². The fraction of sp³-hybridized carbons (Fsp3) is 0.390. The number of anilines is 3. The summed E-state index contributed by atoms with van der Waals surface area (Å²) in [7, 11) is -2.06. The second-order valence-electron chi connectivity index (χ2n) is 16.0. The minimum absolute atomic E-state index is 0.00402. The van der Waals surface area contributed by atoms with Gasteiger partial charge in [0.25, 0.3) is 0 Å². The van der Waals surface area contributed by atoms with E-state index in [1.807, 2.05) is 24.3 Å². The van der Waals surface area contributed by atoms with Crippen LogP contribution in [0.2, 0.25) is 0 Å². The lowest BCUT2D eigenvalue weighted by Crippen LogP contribution is -2.44. The number of amides is 4. The molecule has 4 aromatic rings. The standard InChI is InChI=1S/C41H47N5O9S/c1-40(2,3)54-38(49)46(39(50)55-41(4,5)6)35-32-15-11-29(22-26(32)17-19-42-35)43-34-27-10-8-9-25(21-27)18-20-53-37(48)44-30-12-16-33(56(51,52)31-13-14-31)28(23-30)24-45(7)36(34)47/h8-12,15-17,19,21-23,31,34,43H,13-14,18,20,24H2,1-7H3,(H,44,48). The second-order valence-corrected chi connectivity index (χ2v) is 18.2. The molecule has 6 rings (SSSR count). The Balaban J connectivity index is 1.38. The van der Waals surface area contributed by atoms with Gasteiger partial charge in [-0.05, 0) is 119 Å². The van der Waals surface area contributed by atoms with E-state index >= 15 is 0 Å². The number of hydrogen-bond acceptors (Lipinski definition) is 11. The average molecular weight is 786 g/mol. The summed E-state index contributed by atoms with van der Waals surface area (Å²) in [5.74, 6) is -0.349. The number of aromatic nitrogens is 1. The third-order valence-corrected chi connectivity index (χ3v) is 11.3. The highest BCUT2D eigenvalue weighted by molar-refractivity contribution is 7.92. The third kappa shape index (κ3) is 9.39. The first-order valence-electron chi connectivity index (χ1n) is 18.3. The highest BCUT2D eigenvalue weighted by Gasteiger charge is 2.39. The first-order chi connectivity index (χ1) is 26.3. The van der Waals surface area contributed by atoms with Gasteiger partial charge >= 0.3 is 18.3 Å². The Morgan fingerprint density at radius 1 is 0.929 bits per heavy atom. The zero-order chi connectivity index (χ0) is 40.6. The van der Waals surface area contributed by atoms with Gasteiger partial charge in [0.2, 0.25) is 5.91 Å². The van der Waals surface area contributed by atoms with Gasteiger partial charge in [-0.2, -0.15) is 4.90 Å². The summed E-state index contributed by atoms with van der Waals surface area (Å²) in [4.78, 5) is 60.9. The molecule has 4 bridgehead atoms. The van der Waals surface area contributed by atoms with Crippen LogP contribution in [0.15, 0.2) is 77.8 Å². The number of nitrogens with zero attached hydrogens (tertiary/aromatic N) is 3. The first-order valence-corrected chi connectivity index (χ1v) is 19.9. The lowest BCUT2D eigenvalue weighted by atomic mass is 10.0. The lowest BCUT2D eigenvalue weighted by molar-refractivity contribution is -0.131. The molecule has 296 valence electrons. The van der Waals surface area contributed by atoms with Crippen LogP contribution in [0.5, 0.6) is 0 Å². The summed E-state index contributed by atoms with van der Waals surface area (Å²) in [6, 6.07) is 17.8. The Bertz CT molecular complexity index is 2270. The number of rotatable bonds is 5. The average Bonchev–Trinajstić information content (AvgIpc) is 3.96. The van der Waals surface area contributed by atoms with Gasteiger partial charge in [-0.3, -0.25) is 10.1 Å². The van der Waals surface area contributed by atoms with E-state index in [0.29, 0.717) is 52.5 Å². The molecule has 1 aliphatic heterocycles. The van der Waals surface area contributed by atoms with Crippen LogP contribution in [0.1, 0.15) is 77.1 Å². The number of carbonyl (C=O) groups is 4. The number of likely N-dealkylation sites (N-methyl/N-ethyl adjacent to an activating group) is 1. The molecule has 1 fully saturated rings. The molecular weight excluding hydrogens is 739 g/mol. The number of sulfone groups is 1. The Morgan fingerprint density at radius 3 is 2.29 bits per heavy atom. The SMILES string of the molecule is CN1Cc2cc(ccc2S(=O)(=O)C2CC2)NC(=O)OCCc2cccc(c2)C(Nc2ccc3c(N(C(=O)OC(C)(C)C)C(=O)OC(C)(C)C)nccc3c2)C1=O. The number of nitrogens with one attached hydrogen (secondary N) is 2. The van der Waals surface area contributed by atoms with E-state index in [2.05, 4.69) is 15.6 Å². The van der Waals surface area contributed by atoms with Crippen molar-refractivity contribution in [3.05, 3.63) is 89.6 Å². The second kappa shape index (κ2) is 15.4. The van der Waals surface area contributed by atoms with Crippen LogP contribution in [0, 0.1) is 0 Å². The maximum Gasteiger partial charge on any atom is 0.425 e. The Kier molecular flexibility index (Phi) is 11.0. The van der Waals surface area contributed by atoms with E-state index in [-0.39, 0.29) is 29.8 Å². The van der Waals surface area contributed by atoms with Crippen LogP contribution in [-0.4, -0.2) is 72.6 Å². The Hall–Kier alpha value is -5.70. The van der Waals surface area contributed by atoms with Crippen molar-refractivity contribution in [2.75, 3.05) is 29.2 Å². The molecule has 2 heterocycles. The molecule has 0 radical (unpaired) electrons. The van der Waals surface area contributed by atoms with Gasteiger partial charge in [0, 0.05) is 43.0 Å². The molecule has 14 nitrogen and oxygen atoms in total. The molecule has 1 aromatic heterocycles. The predicted octanol–water partition coefficient (Wildman–Crippen LogP) is 7.76. The van der Waals surface area contributed by atoms with Crippen molar-refractivity contribution >= 4 is 62.0 Å². The fourth-order valence-electron chi connectivity index (χ4n) is 6.26. The van der Waals surface area contributed by atoms with E-state index in [1.165, 1.54) is 23.2 Å². The van der Waals surface area contributed by atoms with Crippen LogP contribution in [-0.2, 0) is 41.8 Å². The van der Waals surface area contributed by atoms with E-state index in [4.69, 9.17) is 14.2 Å². The van der Waals surface area contributed by atoms with Gasteiger partial charge < -0.3 is 24.4 Å². The highest BCUT2D eigenvalue weighted by Crippen LogP contribution is 2.37. The highest BCUT2D eigenvalue weighted by atomic mass is 32.2. The van der Waals surface area contributed by atoms with Crippen LogP contribution < -0.4 is 15.5 Å². The van der Waals surface area contributed by atoms with Crippen molar-refractivity contribution in [3.8, 4) is 0 Å². The number of ether oxygens (including phenoxy) is 3. The predicted molar refractivity (Wildman–Crippen MR) is 211 cm³/mol. The number of benzene rings is 3. The molecule has 15 heteroatoms. The van der Waals surface area contributed by atoms with Gasteiger partial charge in [0.05, 0.1) is 16.8 Å². The molecule has 3 aromatic carbocycles. The van der Waals surface area contributed by atoms with Gasteiger partial charge in [0.15, 0.2) is 15.7 Å². The largest absolute Gasteiger partial charge is 0.449 e. The summed E-state index contributed by atoms with van der Waals surface area (Å²) in [6.07, 6.45) is 0.365. The Morgan fingerprint density at radius 2 is 1.62 bits per heavy atom. The molecule has 1 unspecified atom stereocenters. The van der Waals surface area contributed by atoms with E-state index in [0.717, 1.165) is 10.5 Å². The number of fused-ring (bicyclic) bond motifs is 5. The Labute approximate surface area is 326 Å². The minimum Gasteiger partial charge on any atom is -0.449 e. The van der Waals surface area contributed by atoms with Crippen molar-refractivity contribution in [3.63, 3.8) is 0 Å². The van der Waals surface area contributed by atoms with Crippen molar-refractivity contribution in [1.29, 1.82) is 0 Å². The van der Waals surface area contributed by atoms with Crippen molar-refractivity contribution < 1.29 is 41.8 Å². The fourth-order valence-corrected chi connectivity index (χ4v) is 8.12. The monoisotopic (exact) mass is 785 g/mol. The number of imide groups is 1. The smallest absolute Gasteiger partial charge is 0.425 e. The molecule has 1 aliphatic carbocycles. The zero-order valence-electron chi connectivity index (χ0n) is 32.5. The van der Waals surface area contributed by atoms with Gasteiger partial charge in [-0.1, -0.05) is 24.3 Å². The summed E-state index contributed by atoms with van der Waals surface area (Å²) in [5, 5.41) is 6.59. The minimum atomic E-state index is -3.66. The quantitative estimate of drug-likeness (QED) is 0.189. The van der Waals surface area contributed by atoms with Gasteiger partial charge in [-0.15, -0.1) is 0 Å². The maximum atomic E-state index is 14.5. The molecule has 0 saturated heterocycles. The maximum absolute atomic E-state index is 14.5. The number of pyridine rings is 1. The topological polar surface area (TPSA) is 174 Å². The number of hydrogen-bond donors (Lipinski definition) is 2. The van der Waals surface area contributed by atoms with E-state index in [9.17, 15) is 27.6 Å². The molecule has 1 saturated carbocycles. The third-order valence-electron chi connectivity index (χ3n) is 8.93. The molecule has 0 spiro atoms. The summed E-state index contributed by atoms with van der Waals surface area (Å²) in [6.45, 7) is 10.1. The summed E-state index contributed by atoms with van der Waals surface area (Å²) in [5.41, 5.74) is 0.838. The summed E-state index contributed by atoms with van der Waals surface area (Å²) < 4.78 is 43.6. The molecule has 56 heavy (non-hydrogen) atoms. The molecule has 2 N–H and O–H groups in total. The number of carbonyl (C=O) groups excluding carboxylic acids is 4. The van der Waals surface area contributed by atoms with Crippen molar-refractivity contribution in [2.24, 2.45) is 0 Å². The zero-order valence-corrected chi connectivity index (χ0v) is 33.4. The number of cyclic esters (lactones) is 1. The van der Waals surface area contributed by atoms with Crippen molar-refractivity contribution in [1.82, 2.24) is 9.88 Å². The van der Waals surface area contributed by atoms with Crippen LogP contribution in [0.25, 0.3) is 10.8 Å². The molecule has 2 aliphatic rings.